The van der Waals surface area contributed by atoms with Crippen molar-refractivity contribution in [1.82, 2.24) is 0 Å². The van der Waals surface area contributed by atoms with Crippen LogP contribution in [0.3, 0.4) is 0 Å². The number of nitriles is 1. The average Bonchev–Trinajstić information content (AvgIpc) is 2.40. The lowest BCUT2D eigenvalue weighted by Gasteiger charge is -2.11. The number of rotatable bonds is 3. The Hall–Kier alpha value is -2.30. The van der Waals surface area contributed by atoms with Crippen molar-refractivity contribution in [2.24, 2.45) is 0 Å². The van der Waals surface area contributed by atoms with Gasteiger partial charge in [0.1, 0.15) is 16.8 Å². The number of nitrogen functional groups attached to an aromatic ring is 1. The number of halogens is 2. The number of hydrogen-bond donors (Lipinski definition) is 2. The highest BCUT2D eigenvalue weighted by Gasteiger charge is 2.19. The van der Waals surface area contributed by atoms with Crippen molar-refractivity contribution < 1.29 is 12.8 Å². The number of nitrogens with zero attached hydrogens (tertiary/aromatic N) is 1. The lowest BCUT2D eigenvalue weighted by Crippen LogP contribution is -2.14. The molecule has 8 heteroatoms. The van der Waals surface area contributed by atoms with E-state index >= 15 is 0 Å². The number of benzene rings is 2. The van der Waals surface area contributed by atoms with E-state index in [4.69, 9.17) is 22.6 Å². The molecule has 0 radical (unpaired) electrons. The molecule has 0 spiro atoms. The average molecular weight is 326 g/mol. The molecule has 0 aliphatic heterocycles. The molecule has 0 aliphatic rings. The molecule has 2 rings (SSSR count). The Morgan fingerprint density at radius 1 is 1.24 bits per heavy atom. The van der Waals surface area contributed by atoms with Crippen molar-refractivity contribution in [3.05, 3.63) is 52.8 Å². The van der Waals surface area contributed by atoms with E-state index in [0.29, 0.717) is 5.69 Å². The van der Waals surface area contributed by atoms with Gasteiger partial charge in [-0.15, -0.1) is 0 Å². The molecule has 0 aromatic heterocycles. The number of nitrogens with two attached hydrogens (primary N) is 1. The van der Waals surface area contributed by atoms with Crippen LogP contribution in [0.2, 0.25) is 5.02 Å². The minimum atomic E-state index is -4.02. The molecule has 108 valence electrons. The number of sulfonamides is 1. The van der Waals surface area contributed by atoms with Gasteiger partial charge in [-0.05, 0) is 36.4 Å². The van der Waals surface area contributed by atoms with Crippen LogP contribution in [0.15, 0.2) is 41.3 Å². The van der Waals surface area contributed by atoms with Gasteiger partial charge in [0.2, 0.25) is 0 Å². The highest BCUT2D eigenvalue weighted by atomic mass is 35.5. The zero-order chi connectivity index (χ0) is 15.6. The van der Waals surface area contributed by atoms with E-state index in [2.05, 4.69) is 4.72 Å². The van der Waals surface area contributed by atoms with E-state index in [1.165, 1.54) is 18.2 Å². The van der Waals surface area contributed by atoms with E-state index < -0.39 is 15.8 Å². The van der Waals surface area contributed by atoms with Crippen LogP contribution in [0.5, 0.6) is 0 Å². The molecule has 0 unspecified atom stereocenters. The van der Waals surface area contributed by atoms with Gasteiger partial charge < -0.3 is 5.73 Å². The van der Waals surface area contributed by atoms with Gasteiger partial charge in [0.15, 0.2) is 0 Å². The minimum Gasteiger partial charge on any atom is -0.399 e. The molecule has 5 nitrogen and oxygen atoms in total. The zero-order valence-electron chi connectivity index (χ0n) is 10.5. The van der Waals surface area contributed by atoms with Crippen LogP contribution in [0.4, 0.5) is 15.8 Å². The van der Waals surface area contributed by atoms with Crippen molar-refractivity contribution in [1.29, 1.82) is 5.26 Å². The minimum absolute atomic E-state index is 0.0354. The van der Waals surface area contributed by atoms with Gasteiger partial charge in [-0.2, -0.15) is 5.26 Å². The standard InChI is InChI=1S/C13H9ClFN3O2S/c14-11-6-10(17)2-4-13(11)21(19,20)18-12-3-1-9(15)5-8(12)7-16/h1-6,18H,17H2. The molecular weight excluding hydrogens is 317 g/mol. The number of anilines is 2. The summed E-state index contributed by atoms with van der Waals surface area (Å²) in [4.78, 5) is -0.188. The van der Waals surface area contributed by atoms with Crippen molar-refractivity contribution >= 4 is 33.0 Å². The van der Waals surface area contributed by atoms with Gasteiger partial charge in [0.25, 0.3) is 10.0 Å². The van der Waals surface area contributed by atoms with Crippen LogP contribution in [-0.2, 0) is 10.0 Å². The predicted octanol–water partition coefficient (Wildman–Crippen LogP) is 2.73. The zero-order valence-corrected chi connectivity index (χ0v) is 12.0. The van der Waals surface area contributed by atoms with Crippen molar-refractivity contribution in [2.45, 2.75) is 4.90 Å². The topological polar surface area (TPSA) is 96.0 Å². The normalized spacial score (nSPS) is 10.9. The third kappa shape index (κ3) is 3.24. The summed E-state index contributed by atoms with van der Waals surface area (Å²) in [5.74, 6) is -0.639. The first-order valence-electron chi connectivity index (χ1n) is 5.61. The molecule has 0 saturated carbocycles. The summed E-state index contributed by atoms with van der Waals surface area (Å²) in [6.07, 6.45) is 0. The fourth-order valence-corrected chi connectivity index (χ4v) is 3.27. The molecule has 3 N–H and O–H groups in total. The Kier molecular flexibility index (Phi) is 4.02. The van der Waals surface area contributed by atoms with Gasteiger partial charge in [0, 0.05) is 5.69 Å². The highest BCUT2D eigenvalue weighted by molar-refractivity contribution is 7.92. The predicted molar refractivity (Wildman–Crippen MR) is 77.8 cm³/mol. The Bertz CT molecular complexity index is 847. The first-order chi connectivity index (χ1) is 9.83. The first kappa shape index (κ1) is 15.1. The van der Waals surface area contributed by atoms with E-state index in [1.807, 2.05) is 0 Å². The van der Waals surface area contributed by atoms with Gasteiger partial charge >= 0.3 is 0 Å². The number of hydrogen-bond acceptors (Lipinski definition) is 4. The summed E-state index contributed by atoms with van der Waals surface area (Å²) in [6.45, 7) is 0. The van der Waals surface area contributed by atoms with Crippen LogP contribution in [0.25, 0.3) is 0 Å². The SMILES string of the molecule is N#Cc1cc(F)ccc1NS(=O)(=O)c1ccc(N)cc1Cl. The molecule has 0 amide bonds. The fourth-order valence-electron chi connectivity index (χ4n) is 1.63. The fraction of sp³-hybridized carbons (Fsp3) is 0. The summed E-state index contributed by atoms with van der Waals surface area (Å²) >= 11 is 5.85. The van der Waals surface area contributed by atoms with Crippen molar-refractivity contribution in [2.75, 3.05) is 10.5 Å². The summed E-state index contributed by atoms with van der Waals surface area (Å²) in [5, 5.41) is 8.85. The van der Waals surface area contributed by atoms with Gasteiger partial charge in [-0.25, -0.2) is 12.8 Å². The highest BCUT2D eigenvalue weighted by Crippen LogP contribution is 2.27. The molecule has 0 bridgehead atoms. The monoisotopic (exact) mass is 325 g/mol. The van der Waals surface area contributed by atoms with Crippen molar-refractivity contribution in [3.63, 3.8) is 0 Å². The van der Waals surface area contributed by atoms with Gasteiger partial charge in [-0.3, -0.25) is 4.72 Å². The molecule has 0 heterocycles. The Morgan fingerprint density at radius 3 is 2.57 bits per heavy atom. The second-order valence-corrected chi connectivity index (χ2v) is 6.16. The summed E-state index contributed by atoms with van der Waals surface area (Å²) in [7, 11) is -4.02. The maximum atomic E-state index is 13.0. The molecular formula is C13H9ClFN3O2S. The van der Waals surface area contributed by atoms with E-state index in [-0.39, 0.29) is 21.2 Å². The summed E-state index contributed by atoms with van der Waals surface area (Å²) in [5.41, 5.74) is 5.65. The molecule has 2 aromatic rings. The van der Waals surface area contributed by atoms with Gasteiger partial charge in [-0.1, -0.05) is 11.6 Å². The second-order valence-electron chi connectivity index (χ2n) is 4.10. The molecule has 21 heavy (non-hydrogen) atoms. The molecule has 0 atom stereocenters. The van der Waals surface area contributed by atoms with E-state index in [1.54, 1.807) is 6.07 Å². The Labute approximate surface area is 125 Å². The third-order valence-electron chi connectivity index (χ3n) is 2.59. The summed E-state index contributed by atoms with van der Waals surface area (Å²) in [6, 6.07) is 8.78. The van der Waals surface area contributed by atoms with Crippen LogP contribution < -0.4 is 10.5 Å². The van der Waals surface area contributed by atoms with Gasteiger partial charge in [0.05, 0.1) is 16.3 Å². The molecule has 0 saturated heterocycles. The molecule has 0 aliphatic carbocycles. The molecule has 0 fully saturated rings. The Morgan fingerprint density at radius 2 is 1.95 bits per heavy atom. The maximum Gasteiger partial charge on any atom is 0.263 e. The largest absolute Gasteiger partial charge is 0.399 e. The van der Waals surface area contributed by atoms with Crippen LogP contribution >= 0.6 is 11.6 Å². The van der Waals surface area contributed by atoms with Crippen LogP contribution in [-0.4, -0.2) is 8.42 Å². The number of nitrogens with one attached hydrogen (secondary N) is 1. The van der Waals surface area contributed by atoms with E-state index in [9.17, 15) is 12.8 Å². The second kappa shape index (κ2) is 5.60. The van der Waals surface area contributed by atoms with E-state index in [0.717, 1.165) is 18.2 Å². The van der Waals surface area contributed by atoms with Crippen LogP contribution in [0.1, 0.15) is 5.56 Å². The summed E-state index contributed by atoms with van der Waals surface area (Å²) < 4.78 is 39.7. The van der Waals surface area contributed by atoms with Crippen LogP contribution in [0, 0.1) is 17.1 Å². The molecule has 2 aromatic carbocycles. The lowest BCUT2D eigenvalue weighted by molar-refractivity contribution is 0.601. The first-order valence-corrected chi connectivity index (χ1v) is 7.47. The quantitative estimate of drug-likeness (QED) is 0.848. The lowest BCUT2D eigenvalue weighted by atomic mass is 10.2. The third-order valence-corrected chi connectivity index (χ3v) is 4.44. The van der Waals surface area contributed by atoms with Crippen molar-refractivity contribution in [3.8, 4) is 6.07 Å². The smallest absolute Gasteiger partial charge is 0.263 e. The Balaban J connectivity index is 2.45. The maximum absolute atomic E-state index is 13.0.